The minimum atomic E-state index is -0.403. The first-order chi connectivity index (χ1) is 14.0. The number of amides is 2. The van der Waals surface area contributed by atoms with E-state index in [4.69, 9.17) is 8.94 Å². The standard InChI is InChI=1S/C21H20FN3O4/c1-13-12-19(29-24-13)20(26)23-14-8-10-25(11-9-14)21(27)18-7-6-17(28-18)15-4-2-3-5-16(15)22/h2-7,12,14H,8-11H2,1H3,(H,23,26). The van der Waals surface area contributed by atoms with Gasteiger partial charge >= 0.3 is 0 Å². The zero-order valence-corrected chi connectivity index (χ0v) is 15.9. The molecule has 2 amide bonds. The molecule has 1 aliphatic rings. The van der Waals surface area contributed by atoms with Crippen LogP contribution in [0.15, 0.2) is 51.4 Å². The van der Waals surface area contributed by atoms with Gasteiger partial charge in [-0.1, -0.05) is 17.3 Å². The van der Waals surface area contributed by atoms with E-state index in [0.29, 0.717) is 42.9 Å². The SMILES string of the molecule is Cc1cc(C(=O)NC2CCN(C(=O)c3ccc(-c4ccccc4F)o3)CC2)on1. The number of hydrogen-bond donors (Lipinski definition) is 1. The van der Waals surface area contributed by atoms with Crippen molar-refractivity contribution in [3.63, 3.8) is 0 Å². The molecular weight excluding hydrogens is 377 g/mol. The smallest absolute Gasteiger partial charge is 0.290 e. The number of hydrogen-bond acceptors (Lipinski definition) is 5. The van der Waals surface area contributed by atoms with Crippen molar-refractivity contribution in [3.8, 4) is 11.3 Å². The third-order valence-corrected chi connectivity index (χ3v) is 4.93. The Hall–Kier alpha value is -3.42. The number of rotatable bonds is 4. The van der Waals surface area contributed by atoms with Crippen molar-refractivity contribution in [1.29, 1.82) is 0 Å². The zero-order chi connectivity index (χ0) is 20.4. The Morgan fingerprint density at radius 3 is 2.59 bits per heavy atom. The summed E-state index contributed by atoms with van der Waals surface area (Å²) >= 11 is 0. The summed E-state index contributed by atoms with van der Waals surface area (Å²) < 4.78 is 24.5. The van der Waals surface area contributed by atoms with E-state index < -0.39 is 5.82 Å². The Kier molecular flexibility index (Phi) is 5.16. The molecule has 1 N–H and O–H groups in total. The summed E-state index contributed by atoms with van der Waals surface area (Å²) in [6.45, 7) is 2.71. The lowest BCUT2D eigenvalue weighted by Gasteiger charge is -2.31. The van der Waals surface area contributed by atoms with Crippen molar-refractivity contribution in [2.24, 2.45) is 0 Å². The maximum absolute atomic E-state index is 13.9. The van der Waals surface area contributed by atoms with E-state index in [1.807, 2.05) is 0 Å². The summed E-state index contributed by atoms with van der Waals surface area (Å²) in [7, 11) is 0. The van der Waals surface area contributed by atoms with Crippen molar-refractivity contribution in [2.45, 2.75) is 25.8 Å². The van der Waals surface area contributed by atoms with Gasteiger partial charge in [-0.2, -0.15) is 0 Å². The molecule has 0 unspecified atom stereocenters. The number of furan rings is 1. The summed E-state index contributed by atoms with van der Waals surface area (Å²) in [6, 6.07) is 10.9. The van der Waals surface area contributed by atoms with Gasteiger partial charge in [0.25, 0.3) is 11.8 Å². The lowest BCUT2D eigenvalue weighted by molar-refractivity contribution is 0.0665. The summed E-state index contributed by atoms with van der Waals surface area (Å²) in [6.07, 6.45) is 1.23. The molecule has 150 valence electrons. The second kappa shape index (κ2) is 7.90. The van der Waals surface area contributed by atoms with Gasteiger partial charge in [0.1, 0.15) is 11.6 Å². The van der Waals surface area contributed by atoms with Gasteiger partial charge in [-0.05, 0) is 44.0 Å². The molecule has 0 radical (unpaired) electrons. The first kappa shape index (κ1) is 18.9. The molecule has 3 heterocycles. The van der Waals surface area contributed by atoms with Gasteiger partial charge in [0.2, 0.25) is 5.76 Å². The van der Waals surface area contributed by atoms with Crippen LogP contribution in [0.4, 0.5) is 4.39 Å². The van der Waals surface area contributed by atoms with Gasteiger partial charge in [-0.25, -0.2) is 4.39 Å². The minimum absolute atomic E-state index is 0.0532. The van der Waals surface area contributed by atoms with Crippen LogP contribution in [0.25, 0.3) is 11.3 Å². The molecule has 0 bridgehead atoms. The Morgan fingerprint density at radius 2 is 1.90 bits per heavy atom. The number of aromatic nitrogens is 1. The number of carbonyl (C=O) groups excluding carboxylic acids is 2. The average Bonchev–Trinajstić information content (AvgIpc) is 3.38. The maximum Gasteiger partial charge on any atom is 0.290 e. The lowest BCUT2D eigenvalue weighted by atomic mass is 10.0. The number of benzene rings is 1. The van der Waals surface area contributed by atoms with E-state index in [2.05, 4.69) is 10.5 Å². The molecule has 1 aromatic carbocycles. The number of likely N-dealkylation sites (tertiary alicyclic amines) is 1. The quantitative estimate of drug-likeness (QED) is 0.729. The highest BCUT2D eigenvalue weighted by molar-refractivity contribution is 5.93. The Balaban J connectivity index is 1.35. The third-order valence-electron chi connectivity index (χ3n) is 4.93. The summed E-state index contributed by atoms with van der Waals surface area (Å²) in [4.78, 5) is 26.5. The molecule has 1 saturated heterocycles. The molecule has 3 aromatic rings. The van der Waals surface area contributed by atoms with E-state index in [9.17, 15) is 14.0 Å². The first-order valence-corrected chi connectivity index (χ1v) is 9.39. The fourth-order valence-corrected chi connectivity index (χ4v) is 3.37. The van der Waals surface area contributed by atoms with Crippen LogP contribution in [0.2, 0.25) is 0 Å². The number of nitrogens with zero attached hydrogens (tertiary/aromatic N) is 2. The molecule has 7 nitrogen and oxygen atoms in total. The van der Waals surface area contributed by atoms with Gasteiger partial charge in [-0.15, -0.1) is 0 Å². The fraction of sp³-hybridized carbons (Fsp3) is 0.286. The van der Waals surface area contributed by atoms with Gasteiger partial charge in [0.15, 0.2) is 5.76 Å². The third kappa shape index (κ3) is 4.06. The van der Waals surface area contributed by atoms with E-state index in [-0.39, 0.29) is 29.4 Å². The number of piperidine rings is 1. The highest BCUT2D eigenvalue weighted by Crippen LogP contribution is 2.26. The van der Waals surface area contributed by atoms with Crippen molar-refractivity contribution in [2.75, 3.05) is 13.1 Å². The lowest BCUT2D eigenvalue weighted by Crippen LogP contribution is -2.46. The monoisotopic (exact) mass is 397 g/mol. The number of nitrogens with one attached hydrogen (secondary N) is 1. The van der Waals surface area contributed by atoms with Crippen LogP contribution in [0, 0.1) is 12.7 Å². The zero-order valence-electron chi connectivity index (χ0n) is 15.9. The fourth-order valence-electron chi connectivity index (χ4n) is 3.37. The van der Waals surface area contributed by atoms with Crippen LogP contribution in [-0.2, 0) is 0 Å². The molecule has 8 heteroatoms. The van der Waals surface area contributed by atoms with Crippen molar-refractivity contribution >= 4 is 11.8 Å². The number of carbonyl (C=O) groups is 2. The molecular formula is C21H20FN3O4. The van der Waals surface area contributed by atoms with E-state index in [1.54, 1.807) is 48.2 Å². The maximum atomic E-state index is 13.9. The Morgan fingerprint density at radius 1 is 1.14 bits per heavy atom. The number of aryl methyl sites for hydroxylation is 1. The predicted molar refractivity (Wildman–Crippen MR) is 102 cm³/mol. The molecule has 4 rings (SSSR count). The highest BCUT2D eigenvalue weighted by atomic mass is 19.1. The summed E-state index contributed by atoms with van der Waals surface area (Å²) in [5.41, 5.74) is 0.958. The average molecular weight is 397 g/mol. The topological polar surface area (TPSA) is 88.6 Å². The molecule has 0 aliphatic carbocycles. The first-order valence-electron chi connectivity index (χ1n) is 9.39. The van der Waals surface area contributed by atoms with Gasteiger partial charge < -0.3 is 19.2 Å². The van der Waals surface area contributed by atoms with Crippen LogP contribution >= 0.6 is 0 Å². The predicted octanol–water partition coefficient (Wildman–Crippen LogP) is 3.42. The van der Waals surface area contributed by atoms with Crippen molar-refractivity contribution < 1.29 is 22.9 Å². The van der Waals surface area contributed by atoms with Gasteiger partial charge in [0.05, 0.1) is 11.3 Å². The van der Waals surface area contributed by atoms with Gasteiger partial charge in [-0.3, -0.25) is 9.59 Å². The molecule has 0 spiro atoms. The van der Waals surface area contributed by atoms with Crippen LogP contribution in [0.5, 0.6) is 0 Å². The second-order valence-corrected chi connectivity index (χ2v) is 7.02. The van der Waals surface area contributed by atoms with Crippen molar-refractivity contribution in [1.82, 2.24) is 15.4 Å². The minimum Gasteiger partial charge on any atom is -0.451 e. The molecule has 1 fully saturated rings. The van der Waals surface area contributed by atoms with E-state index >= 15 is 0 Å². The largest absolute Gasteiger partial charge is 0.451 e. The Labute approximate surface area is 166 Å². The Bertz CT molecular complexity index is 1030. The van der Waals surface area contributed by atoms with Crippen molar-refractivity contribution in [3.05, 3.63) is 65.5 Å². The van der Waals surface area contributed by atoms with Crippen LogP contribution < -0.4 is 5.32 Å². The molecule has 0 atom stereocenters. The summed E-state index contributed by atoms with van der Waals surface area (Å²) in [5, 5.41) is 6.61. The molecule has 2 aromatic heterocycles. The molecule has 0 saturated carbocycles. The highest BCUT2D eigenvalue weighted by Gasteiger charge is 2.27. The normalized spacial score (nSPS) is 14.8. The molecule has 1 aliphatic heterocycles. The number of halogens is 1. The van der Waals surface area contributed by atoms with E-state index in [0.717, 1.165) is 0 Å². The molecule has 29 heavy (non-hydrogen) atoms. The van der Waals surface area contributed by atoms with E-state index in [1.165, 1.54) is 6.07 Å². The second-order valence-electron chi connectivity index (χ2n) is 7.02. The summed E-state index contributed by atoms with van der Waals surface area (Å²) in [5.74, 6) is -0.297. The van der Waals surface area contributed by atoms with Crippen LogP contribution in [0.1, 0.15) is 39.6 Å². The van der Waals surface area contributed by atoms with Gasteiger partial charge in [0, 0.05) is 25.2 Å². The van der Waals surface area contributed by atoms with Crippen LogP contribution in [-0.4, -0.2) is 41.0 Å². The van der Waals surface area contributed by atoms with Crippen LogP contribution in [0.3, 0.4) is 0 Å².